The molecule has 0 radical (unpaired) electrons. The predicted molar refractivity (Wildman–Crippen MR) is 103 cm³/mol. The Bertz CT molecular complexity index is 731. The van der Waals surface area contributed by atoms with E-state index in [1.54, 1.807) is 32.2 Å². The first-order valence-electron chi connectivity index (χ1n) is 8.87. The number of para-hydroxylation sites is 1. The SMILES string of the molecule is CC[C@@H](CNC(=O)[C@@H](C)OC(=O)c1ccccc1NC)c1ccccc1. The van der Waals surface area contributed by atoms with Gasteiger partial charge in [0.05, 0.1) is 5.56 Å². The summed E-state index contributed by atoms with van der Waals surface area (Å²) in [6.07, 6.45) is 0.0503. The molecule has 0 spiro atoms. The lowest BCUT2D eigenvalue weighted by Crippen LogP contribution is -2.38. The highest BCUT2D eigenvalue weighted by Crippen LogP contribution is 2.18. The third-order valence-corrected chi connectivity index (χ3v) is 4.36. The summed E-state index contributed by atoms with van der Waals surface area (Å²) in [5.41, 5.74) is 2.26. The summed E-state index contributed by atoms with van der Waals surface area (Å²) in [5, 5.41) is 5.83. The lowest BCUT2D eigenvalue weighted by Gasteiger charge is -2.19. The van der Waals surface area contributed by atoms with Gasteiger partial charge in [-0.2, -0.15) is 0 Å². The Morgan fingerprint density at radius 2 is 1.69 bits per heavy atom. The molecule has 0 aliphatic heterocycles. The third-order valence-electron chi connectivity index (χ3n) is 4.36. The fourth-order valence-electron chi connectivity index (χ4n) is 2.75. The number of rotatable bonds is 8. The maximum atomic E-state index is 12.3. The Kier molecular flexibility index (Phi) is 7.21. The van der Waals surface area contributed by atoms with Crippen molar-refractivity contribution in [2.75, 3.05) is 18.9 Å². The smallest absolute Gasteiger partial charge is 0.341 e. The number of hydrogen-bond donors (Lipinski definition) is 2. The van der Waals surface area contributed by atoms with Crippen molar-refractivity contribution in [3.63, 3.8) is 0 Å². The van der Waals surface area contributed by atoms with Crippen LogP contribution in [0.1, 0.15) is 42.1 Å². The van der Waals surface area contributed by atoms with Crippen LogP contribution in [-0.4, -0.2) is 31.6 Å². The number of ether oxygens (including phenoxy) is 1. The van der Waals surface area contributed by atoms with Crippen molar-refractivity contribution in [3.05, 3.63) is 65.7 Å². The molecule has 2 aromatic carbocycles. The Labute approximate surface area is 154 Å². The van der Waals surface area contributed by atoms with Crippen LogP contribution in [0.2, 0.25) is 0 Å². The Morgan fingerprint density at radius 1 is 1.04 bits per heavy atom. The highest BCUT2D eigenvalue weighted by molar-refractivity contribution is 5.97. The second kappa shape index (κ2) is 9.61. The van der Waals surface area contributed by atoms with Crippen LogP contribution in [0.3, 0.4) is 0 Å². The molecule has 0 saturated carbocycles. The number of amides is 1. The molecule has 26 heavy (non-hydrogen) atoms. The molecule has 138 valence electrons. The van der Waals surface area contributed by atoms with Crippen LogP contribution >= 0.6 is 0 Å². The molecule has 0 aromatic heterocycles. The molecule has 0 unspecified atom stereocenters. The van der Waals surface area contributed by atoms with Gasteiger partial charge in [0.1, 0.15) is 0 Å². The summed E-state index contributed by atoms with van der Waals surface area (Å²) >= 11 is 0. The van der Waals surface area contributed by atoms with E-state index in [0.717, 1.165) is 6.42 Å². The molecule has 0 bridgehead atoms. The molecular formula is C21H26N2O3. The van der Waals surface area contributed by atoms with Gasteiger partial charge in [0.15, 0.2) is 6.10 Å². The van der Waals surface area contributed by atoms with Crippen molar-refractivity contribution in [1.82, 2.24) is 5.32 Å². The Balaban J connectivity index is 1.92. The quantitative estimate of drug-likeness (QED) is 0.711. The van der Waals surface area contributed by atoms with Gasteiger partial charge in [-0.15, -0.1) is 0 Å². The molecule has 2 rings (SSSR count). The molecule has 0 aliphatic rings. The van der Waals surface area contributed by atoms with Gasteiger partial charge in [-0.25, -0.2) is 4.79 Å². The maximum absolute atomic E-state index is 12.3. The third kappa shape index (κ3) is 5.09. The number of anilines is 1. The number of nitrogens with one attached hydrogen (secondary N) is 2. The number of hydrogen-bond acceptors (Lipinski definition) is 4. The monoisotopic (exact) mass is 354 g/mol. The zero-order valence-electron chi connectivity index (χ0n) is 15.5. The fraction of sp³-hybridized carbons (Fsp3) is 0.333. The molecule has 0 aliphatic carbocycles. The second-order valence-corrected chi connectivity index (χ2v) is 6.10. The number of benzene rings is 2. The Morgan fingerprint density at radius 3 is 2.35 bits per heavy atom. The van der Waals surface area contributed by atoms with E-state index in [1.807, 2.05) is 24.3 Å². The van der Waals surface area contributed by atoms with Gasteiger partial charge >= 0.3 is 5.97 Å². The van der Waals surface area contributed by atoms with Gasteiger partial charge in [0.25, 0.3) is 5.91 Å². The van der Waals surface area contributed by atoms with Crippen LogP contribution in [0.15, 0.2) is 54.6 Å². The van der Waals surface area contributed by atoms with E-state index < -0.39 is 12.1 Å². The molecule has 0 fully saturated rings. The summed E-state index contributed by atoms with van der Waals surface area (Å²) in [6.45, 7) is 4.18. The first-order valence-corrected chi connectivity index (χ1v) is 8.87. The number of carbonyl (C=O) groups excluding carboxylic acids is 2. The largest absolute Gasteiger partial charge is 0.449 e. The summed E-state index contributed by atoms with van der Waals surface area (Å²) < 4.78 is 5.32. The zero-order valence-corrected chi connectivity index (χ0v) is 15.5. The van der Waals surface area contributed by atoms with Crippen LogP contribution in [0.5, 0.6) is 0 Å². The van der Waals surface area contributed by atoms with E-state index in [2.05, 4.69) is 29.7 Å². The van der Waals surface area contributed by atoms with E-state index in [1.165, 1.54) is 5.56 Å². The van der Waals surface area contributed by atoms with Gasteiger partial charge in [-0.1, -0.05) is 49.4 Å². The molecule has 5 nitrogen and oxygen atoms in total. The molecule has 2 atom stereocenters. The van der Waals surface area contributed by atoms with Crippen LogP contribution < -0.4 is 10.6 Å². The lowest BCUT2D eigenvalue weighted by molar-refractivity contribution is -0.129. The molecule has 2 aromatic rings. The maximum Gasteiger partial charge on any atom is 0.341 e. The minimum atomic E-state index is -0.860. The van der Waals surface area contributed by atoms with Crippen molar-refractivity contribution in [3.8, 4) is 0 Å². The molecule has 1 amide bonds. The molecule has 0 heterocycles. The first kappa shape index (κ1) is 19.5. The van der Waals surface area contributed by atoms with E-state index in [9.17, 15) is 9.59 Å². The standard InChI is InChI=1S/C21H26N2O3/c1-4-16(17-10-6-5-7-11-17)14-23-20(24)15(2)26-21(25)18-12-8-9-13-19(18)22-3/h5-13,15-16,22H,4,14H2,1-3H3,(H,23,24)/t15-,16+/m1/s1. The van der Waals surface area contributed by atoms with Crippen LogP contribution in [0, 0.1) is 0 Å². The summed E-state index contributed by atoms with van der Waals surface area (Å²) in [4.78, 5) is 24.6. The van der Waals surface area contributed by atoms with E-state index in [0.29, 0.717) is 17.8 Å². The molecule has 0 saturated heterocycles. The van der Waals surface area contributed by atoms with E-state index in [-0.39, 0.29) is 11.8 Å². The van der Waals surface area contributed by atoms with Gasteiger partial charge in [-0.3, -0.25) is 4.79 Å². The molecular weight excluding hydrogens is 328 g/mol. The fourth-order valence-corrected chi connectivity index (χ4v) is 2.75. The topological polar surface area (TPSA) is 67.4 Å². The second-order valence-electron chi connectivity index (χ2n) is 6.10. The van der Waals surface area contributed by atoms with E-state index >= 15 is 0 Å². The highest BCUT2D eigenvalue weighted by atomic mass is 16.5. The Hall–Kier alpha value is -2.82. The number of carbonyl (C=O) groups is 2. The van der Waals surface area contributed by atoms with Gasteiger partial charge in [0.2, 0.25) is 0 Å². The lowest BCUT2D eigenvalue weighted by atomic mass is 9.96. The average Bonchev–Trinajstić information content (AvgIpc) is 2.68. The van der Waals surface area contributed by atoms with Gasteiger partial charge in [-0.05, 0) is 31.0 Å². The van der Waals surface area contributed by atoms with E-state index in [4.69, 9.17) is 4.74 Å². The average molecular weight is 354 g/mol. The zero-order chi connectivity index (χ0) is 18.9. The van der Waals surface area contributed by atoms with Crippen molar-refractivity contribution in [2.45, 2.75) is 32.3 Å². The molecule has 2 N–H and O–H groups in total. The summed E-state index contributed by atoms with van der Waals surface area (Å²) in [5.74, 6) is -0.588. The van der Waals surface area contributed by atoms with Crippen molar-refractivity contribution < 1.29 is 14.3 Å². The molecule has 5 heteroatoms. The van der Waals surface area contributed by atoms with Gasteiger partial charge in [0, 0.05) is 25.2 Å². The summed E-state index contributed by atoms with van der Waals surface area (Å²) in [6, 6.07) is 17.1. The van der Waals surface area contributed by atoms with Crippen LogP contribution in [0.4, 0.5) is 5.69 Å². The number of esters is 1. The minimum absolute atomic E-state index is 0.230. The predicted octanol–water partition coefficient (Wildman–Crippen LogP) is 3.58. The first-order chi connectivity index (χ1) is 12.6. The normalized spacial score (nSPS) is 12.7. The van der Waals surface area contributed by atoms with Crippen LogP contribution in [0.25, 0.3) is 0 Å². The van der Waals surface area contributed by atoms with Gasteiger partial charge < -0.3 is 15.4 Å². The highest BCUT2D eigenvalue weighted by Gasteiger charge is 2.21. The van der Waals surface area contributed by atoms with Crippen molar-refractivity contribution in [2.24, 2.45) is 0 Å². The van der Waals surface area contributed by atoms with Crippen LogP contribution in [-0.2, 0) is 9.53 Å². The van der Waals surface area contributed by atoms with Crippen molar-refractivity contribution in [1.29, 1.82) is 0 Å². The summed E-state index contributed by atoms with van der Waals surface area (Å²) in [7, 11) is 1.73. The minimum Gasteiger partial charge on any atom is -0.449 e. The van der Waals surface area contributed by atoms with Crippen molar-refractivity contribution >= 4 is 17.6 Å².